The summed E-state index contributed by atoms with van der Waals surface area (Å²) in [5.74, 6) is -1.14. The predicted octanol–water partition coefficient (Wildman–Crippen LogP) is 4.14. The van der Waals surface area contributed by atoms with Crippen LogP contribution in [-0.4, -0.2) is 36.7 Å². The van der Waals surface area contributed by atoms with E-state index in [9.17, 15) is 9.59 Å². The summed E-state index contributed by atoms with van der Waals surface area (Å²) in [7, 11) is 0. The van der Waals surface area contributed by atoms with Gasteiger partial charge in [0.2, 0.25) is 0 Å². The Morgan fingerprint density at radius 1 is 1.29 bits per heavy atom. The van der Waals surface area contributed by atoms with Gasteiger partial charge in [-0.05, 0) is 79.7 Å². The first-order valence-electron chi connectivity index (χ1n) is 10.5. The standard InChI is InChI=1S/C23H29BrFN3O3/c1-5-28(16-6-8-31-9-7-16)19-11-18(24)21(25)20(15(19)4)23(30)26-12-17-13(2)10-14(3)27-22(17)29/h10-11,16H,5-9,12H2,1-4H3,(H,26,30)(H,27,29). The molecule has 0 radical (unpaired) electrons. The van der Waals surface area contributed by atoms with Crippen LogP contribution in [-0.2, 0) is 11.3 Å². The van der Waals surface area contributed by atoms with Gasteiger partial charge in [-0.3, -0.25) is 9.59 Å². The van der Waals surface area contributed by atoms with E-state index in [-0.39, 0.29) is 28.2 Å². The fourth-order valence-corrected chi connectivity index (χ4v) is 4.67. The van der Waals surface area contributed by atoms with Gasteiger partial charge in [0.05, 0.1) is 10.0 Å². The van der Waals surface area contributed by atoms with E-state index in [2.05, 4.69) is 38.1 Å². The minimum Gasteiger partial charge on any atom is -0.381 e. The van der Waals surface area contributed by atoms with Gasteiger partial charge in [-0.2, -0.15) is 0 Å². The second kappa shape index (κ2) is 9.96. The van der Waals surface area contributed by atoms with Crippen molar-refractivity contribution in [3.05, 3.63) is 60.7 Å². The summed E-state index contributed by atoms with van der Waals surface area (Å²) < 4.78 is 20.7. The third-order valence-corrected chi connectivity index (χ3v) is 6.46. The maximum Gasteiger partial charge on any atom is 0.254 e. The predicted molar refractivity (Wildman–Crippen MR) is 123 cm³/mol. The highest BCUT2D eigenvalue weighted by Crippen LogP contribution is 2.34. The Bertz CT molecular complexity index is 1030. The molecule has 0 spiro atoms. The number of halogens is 2. The van der Waals surface area contributed by atoms with Gasteiger partial charge in [0.15, 0.2) is 5.82 Å². The molecule has 1 fully saturated rings. The SMILES string of the molecule is CCN(c1cc(Br)c(F)c(C(=O)NCc2c(C)cc(C)[nH]c2=O)c1C)C1CCOCC1. The zero-order chi connectivity index (χ0) is 22.7. The first kappa shape index (κ1) is 23.5. The number of ether oxygens (including phenoxy) is 1. The van der Waals surface area contributed by atoms with Crippen molar-refractivity contribution in [1.82, 2.24) is 10.3 Å². The Kier molecular flexibility index (Phi) is 7.54. The lowest BCUT2D eigenvalue weighted by Gasteiger charge is -2.36. The molecule has 1 saturated heterocycles. The van der Waals surface area contributed by atoms with Crippen LogP contribution in [0.3, 0.4) is 0 Å². The molecule has 1 aliphatic rings. The van der Waals surface area contributed by atoms with Crippen LogP contribution in [0, 0.1) is 26.6 Å². The van der Waals surface area contributed by atoms with Gasteiger partial charge in [-0.15, -0.1) is 0 Å². The number of aryl methyl sites for hydroxylation is 2. The molecule has 0 saturated carbocycles. The number of nitrogens with one attached hydrogen (secondary N) is 2. The van der Waals surface area contributed by atoms with Crippen molar-refractivity contribution < 1.29 is 13.9 Å². The molecule has 0 atom stereocenters. The van der Waals surface area contributed by atoms with Crippen LogP contribution in [0.25, 0.3) is 0 Å². The van der Waals surface area contributed by atoms with Crippen molar-refractivity contribution >= 4 is 27.5 Å². The number of H-pyrrole nitrogens is 1. The number of rotatable bonds is 6. The lowest BCUT2D eigenvalue weighted by atomic mass is 10.0. The molecule has 2 heterocycles. The van der Waals surface area contributed by atoms with Crippen molar-refractivity contribution in [2.45, 2.75) is 53.1 Å². The average molecular weight is 494 g/mol. The molecule has 1 aromatic heterocycles. The third kappa shape index (κ3) is 5.01. The number of anilines is 1. The van der Waals surface area contributed by atoms with Crippen LogP contribution in [0.4, 0.5) is 10.1 Å². The van der Waals surface area contributed by atoms with Crippen molar-refractivity contribution in [3.8, 4) is 0 Å². The number of carbonyl (C=O) groups is 1. The van der Waals surface area contributed by atoms with Gasteiger partial charge in [-0.1, -0.05) is 0 Å². The smallest absolute Gasteiger partial charge is 0.254 e. The van der Waals surface area contributed by atoms with E-state index in [0.717, 1.165) is 36.3 Å². The van der Waals surface area contributed by atoms with Crippen LogP contribution in [0.2, 0.25) is 0 Å². The van der Waals surface area contributed by atoms with Crippen LogP contribution >= 0.6 is 15.9 Å². The number of nitrogens with zero attached hydrogens (tertiary/aromatic N) is 1. The molecule has 0 bridgehead atoms. The molecule has 0 unspecified atom stereocenters. The molecular weight excluding hydrogens is 465 g/mol. The van der Waals surface area contributed by atoms with Gasteiger partial charge in [-0.25, -0.2) is 4.39 Å². The van der Waals surface area contributed by atoms with Crippen molar-refractivity contribution in [1.29, 1.82) is 0 Å². The lowest BCUT2D eigenvalue weighted by molar-refractivity contribution is 0.0845. The van der Waals surface area contributed by atoms with E-state index in [1.165, 1.54) is 0 Å². The first-order chi connectivity index (χ1) is 14.7. The molecule has 8 heteroatoms. The van der Waals surface area contributed by atoms with Crippen molar-refractivity contribution in [3.63, 3.8) is 0 Å². The minimum atomic E-state index is -0.601. The molecule has 6 nitrogen and oxygen atoms in total. The molecule has 1 amide bonds. The average Bonchev–Trinajstić information content (AvgIpc) is 2.72. The highest BCUT2D eigenvalue weighted by Gasteiger charge is 2.27. The Hall–Kier alpha value is -2.19. The number of hydrogen-bond acceptors (Lipinski definition) is 4. The van der Waals surface area contributed by atoms with Crippen LogP contribution < -0.4 is 15.8 Å². The van der Waals surface area contributed by atoms with E-state index >= 15 is 4.39 Å². The lowest BCUT2D eigenvalue weighted by Crippen LogP contribution is -2.40. The highest BCUT2D eigenvalue weighted by molar-refractivity contribution is 9.10. The molecule has 168 valence electrons. The van der Waals surface area contributed by atoms with Crippen molar-refractivity contribution in [2.75, 3.05) is 24.7 Å². The number of hydrogen-bond donors (Lipinski definition) is 2. The summed E-state index contributed by atoms with van der Waals surface area (Å²) in [6.45, 7) is 9.60. The Labute approximate surface area is 190 Å². The van der Waals surface area contributed by atoms with Gasteiger partial charge < -0.3 is 19.9 Å². The summed E-state index contributed by atoms with van der Waals surface area (Å²) in [5.41, 5.74) is 3.16. The fraction of sp³-hybridized carbons (Fsp3) is 0.478. The third-order valence-electron chi connectivity index (χ3n) is 5.88. The monoisotopic (exact) mass is 493 g/mol. The Balaban J connectivity index is 1.91. The van der Waals surface area contributed by atoms with E-state index < -0.39 is 11.7 Å². The maximum atomic E-state index is 15.0. The number of pyridine rings is 1. The van der Waals surface area contributed by atoms with Gasteiger partial charge in [0, 0.05) is 49.3 Å². The number of carbonyl (C=O) groups excluding carboxylic acids is 1. The summed E-state index contributed by atoms with van der Waals surface area (Å²) in [6.07, 6.45) is 1.78. The molecule has 1 aliphatic heterocycles. The quantitative estimate of drug-likeness (QED) is 0.634. The van der Waals surface area contributed by atoms with E-state index in [1.54, 1.807) is 19.9 Å². The second-order valence-corrected chi connectivity index (χ2v) is 8.80. The molecule has 1 aromatic carbocycles. The second-order valence-electron chi connectivity index (χ2n) is 7.95. The van der Waals surface area contributed by atoms with Crippen LogP contribution in [0.1, 0.15) is 52.5 Å². The molecule has 0 aliphatic carbocycles. The number of benzene rings is 1. The number of amides is 1. The summed E-state index contributed by atoms with van der Waals surface area (Å²) in [5, 5.41) is 2.73. The largest absolute Gasteiger partial charge is 0.381 e. The Morgan fingerprint density at radius 2 is 1.97 bits per heavy atom. The fourth-order valence-electron chi connectivity index (χ4n) is 4.25. The number of aromatic amines is 1. The van der Waals surface area contributed by atoms with E-state index in [1.807, 2.05) is 13.0 Å². The summed E-state index contributed by atoms with van der Waals surface area (Å²) >= 11 is 3.29. The Morgan fingerprint density at radius 3 is 2.58 bits per heavy atom. The summed E-state index contributed by atoms with van der Waals surface area (Å²) in [4.78, 5) is 30.2. The highest BCUT2D eigenvalue weighted by atomic mass is 79.9. The normalized spacial score (nSPS) is 14.5. The van der Waals surface area contributed by atoms with Gasteiger partial charge in [0.1, 0.15) is 0 Å². The van der Waals surface area contributed by atoms with E-state index in [0.29, 0.717) is 24.3 Å². The number of aromatic nitrogens is 1. The maximum absolute atomic E-state index is 15.0. The topological polar surface area (TPSA) is 74.4 Å². The molecule has 31 heavy (non-hydrogen) atoms. The molecular formula is C23H29BrFN3O3. The van der Waals surface area contributed by atoms with Gasteiger partial charge in [0.25, 0.3) is 11.5 Å². The minimum absolute atomic E-state index is 0.00363. The van der Waals surface area contributed by atoms with Crippen LogP contribution in [0.15, 0.2) is 21.4 Å². The zero-order valence-electron chi connectivity index (χ0n) is 18.4. The van der Waals surface area contributed by atoms with E-state index in [4.69, 9.17) is 4.74 Å². The van der Waals surface area contributed by atoms with Crippen LogP contribution in [0.5, 0.6) is 0 Å². The summed E-state index contributed by atoms with van der Waals surface area (Å²) in [6, 6.07) is 3.87. The van der Waals surface area contributed by atoms with Crippen molar-refractivity contribution in [2.24, 2.45) is 0 Å². The molecule has 2 N–H and O–H groups in total. The first-order valence-corrected chi connectivity index (χ1v) is 11.3. The molecule has 3 rings (SSSR count). The molecule has 2 aromatic rings. The van der Waals surface area contributed by atoms with Gasteiger partial charge >= 0.3 is 0 Å². The zero-order valence-corrected chi connectivity index (χ0v) is 20.0.